The van der Waals surface area contributed by atoms with Crippen LogP contribution in [0.25, 0.3) is 0 Å². The normalized spacial score (nSPS) is 23.8. The van der Waals surface area contributed by atoms with Crippen LogP contribution in [0.1, 0.15) is 100 Å². The fourth-order valence-electron chi connectivity index (χ4n) is 8.94. The minimum atomic E-state index is -3.76. The Morgan fingerprint density at radius 1 is 0.392 bits per heavy atom. The maximum Gasteiger partial charge on any atom is 0.342 e. The maximum atomic E-state index is 15.2. The number of aryl methyl sites for hydroxylation is 12. The van der Waals surface area contributed by atoms with Gasteiger partial charge in [0.15, 0.2) is 0 Å². The van der Waals surface area contributed by atoms with Crippen molar-refractivity contribution in [1.29, 1.82) is 0 Å². The van der Waals surface area contributed by atoms with Crippen molar-refractivity contribution >= 4 is 15.2 Å². The summed E-state index contributed by atoms with van der Waals surface area (Å²) < 4.78 is 56.3. The van der Waals surface area contributed by atoms with Crippen LogP contribution in [0.5, 0.6) is 0 Å². The molecule has 51 heavy (non-hydrogen) atoms. The van der Waals surface area contributed by atoms with Gasteiger partial charge in [-0.25, -0.2) is 0 Å². The third kappa shape index (κ3) is 7.01. The van der Waals surface area contributed by atoms with E-state index in [2.05, 4.69) is 132 Å². The molecule has 2 fully saturated rings. The molecule has 2 aliphatic heterocycles. The van der Waals surface area contributed by atoms with Crippen LogP contribution in [-0.4, -0.2) is 26.4 Å². The average Bonchev–Trinajstić information content (AvgIpc) is 3.01. The molecule has 0 bridgehead atoms. The van der Waals surface area contributed by atoms with E-state index in [4.69, 9.17) is 18.1 Å². The molecular formula is C43H54O6P2. The summed E-state index contributed by atoms with van der Waals surface area (Å²) in [5.41, 5.74) is 15.0. The zero-order valence-corrected chi connectivity index (χ0v) is 34.2. The first-order valence-corrected chi connectivity index (χ1v) is 21.2. The zero-order valence-electron chi connectivity index (χ0n) is 32.4. The lowest BCUT2D eigenvalue weighted by Gasteiger charge is -2.46. The summed E-state index contributed by atoms with van der Waals surface area (Å²) in [7, 11) is -7.52. The van der Waals surface area contributed by atoms with Crippen LogP contribution in [-0.2, 0) is 27.2 Å². The van der Waals surface area contributed by atoms with Gasteiger partial charge in [0.25, 0.3) is 0 Å². The fourth-order valence-corrected chi connectivity index (χ4v) is 14.4. The highest BCUT2D eigenvalue weighted by molar-refractivity contribution is 7.55. The lowest BCUT2D eigenvalue weighted by atomic mass is 9.89. The average molecular weight is 729 g/mol. The molecule has 0 unspecified atom stereocenters. The van der Waals surface area contributed by atoms with E-state index in [0.717, 1.165) is 89.0 Å². The minimum absolute atomic E-state index is 0.102. The molecule has 1 spiro atoms. The van der Waals surface area contributed by atoms with Crippen LogP contribution in [0.2, 0.25) is 0 Å². The van der Waals surface area contributed by atoms with Gasteiger partial charge in [-0.2, -0.15) is 0 Å². The van der Waals surface area contributed by atoms with E-state index < -0.39 is 31.9 Å². The van der Waals surface area contributed by atoms with Gasteiger partial charge in [0.1, 0.15) is 11.3 Å². The molecule has 6 rings (SSSR count). The topological polar surface area (TPSA) is 71.1 Å². The third-order valence-corrected chi connectivity index (χ3v) is 15.1. The van der Waals surface area contributed by atoms with Crippen molar-refractivity contribution in [1.82, 2.24) is 0 Å². The molecule has 6 nitrogen and oxygen atoms in total. The van der Waals surface area contributed by atoms with Gasteiger partial charge in [-0.05, 0) is 150 Å². The standard InChI is InChI=1S/C43H54O6P2/c1-25-13-29(5)37(30(6)14-25)41(38-31(7)15-26(2)16-32(38)8)50(44)46-21-43(22-47-50)23-48-51(45,49-24-43)42(39-33(9)17-27(3)18-34(39)10)40-35(11)19-28(4)20-36(40)12/h13-20,41-42H,21-24H2,1-12H3. The van der Waals surface area contributed by atoms with Gasteiger partial charge in [0.05, 0.1) is 31.8 Å². The van der Waals surface area contributed by atoms with Crippen LogP contribution in [0.15, 0.2) is 48.5 Å². The van der Waals surface area contributed by atoms with E-state index in [9.17, 15) is 0 Å². The molecule has 0 radical (unpaired) electrons. The van der Waals surface area contributed by atoms with Crippen molar-refractivity contribution in [2.45, 2.75) is 94.4 Å². The predicted molar refractivity (Wildman–Crippen MR) is 208 cm³/mol. The van der Waals surface area contributed by atoms with E-state index in [1.54, 1.807) is 0 Å². The summed E-state index contributed by atoms with van der Waals surface area (Å²) in [6.45, 7) is 25.3. The molecule has 2 aliphatic rings. The summed E-state index contributed by atoms with van der Waals surface area (Å²) in [5, 5.41) is 0. The Morgan fingerprint density at radius 2 is 0.569 bits per heavy atom. The first-order valence-electron chi connectivity index (χ1n) is 18.0. The summed E-state index contributed by atoms with van der Waals surface area (Å²) in [5.74, 6) is 0. The second-order valence-electron chi connectivity index (χ2n) is 15.7. The van der Waals surface area contributed by atoms with Crippen molar-refractivity contribution in [3.05, 3.63) is 138 Å². The maximum absolute atomic E-state index is 15.2. The summed E-state index contributed by atoms with van der Waals surface area (Å²) in [4.78, 5) is 0. The van der Waals surface area contributed by atoms with Crippen LogP contribution in [0.3, 0.4) is 0 Å². The van der Waals surface area contributed by atoms with Gasteiger partial charge in [0.2, 0.25) is 0 Å². The van der Waals surface area contributed by atoms with Crippen molar-refractivity contribution in [2.75, 3.05) is 26.4 Å². The Bertz CT molecular complexity index is 1750. The van der Waals surface area contributed by atoms with Gasteiger partial charge in [-0.1, -0.05) is 70.8 Å². The van der Waals surface area contributed by atoms with Crippen molar-refractivity contribution in [3.63, 3.8) is 0 Å². The highest BCUT2D eigenvalue weighted by Gasteiger charge is 2.54. The predicted octanol–water partition coefficient (Wildman–Crippen LogP) is 11.7. The Labute approximate surface area is 305 Å². The Hall–Kier alpha value is -2.82. The number of hydrogen-bond acceptors (Lipinski definition) is 6. The van der Waals surface area contributed by atoms with Crippen molar-refractivity contribution in [3.8, 4) is 0 Å². The minimum Gasteiger partial charge on any atom is -0.307 e. The first-order chi connectivity index (χ1) is 23.9. The van der Waals surface area contributed by atoms with Gasteiger partial charge in [-0.3, -0.25) is 9.13 Å². The number of hydrogen-bond donors (Lipinski definition) is 0. The second-order valence-corrected chi connectivity index (χ2v) is 20.0. The summed E-state index contributed by atoms with van der Waals surface area (Å²) in [6.07, 6.45) is 0. The monoisotopic (exact) mass is 728 g/mol. The number of benzene rings is 4. The van der Waals surface area contributed by atoms with Crippen molar-refractivity contribution in [2.24, 2.45) is 5.41 Å². The lowest BCUT2D eigenvalue weighted by Crippen LogP contribution is -2.46. The van der Waals surface area contributed by atoms with Gasteiger partial charge >= 0.3 is 15.2 Å². The molecule has 4 aromatic rings. The molecule has 0 atom stereocenters. The van der Waals surface area contributed by atoms with Gasteiger partial charge < -0.3 is 18.1 Å². The van der Waals surface area contributed by atoms with Crippen LogP contribution in [0, 0.1) is 88.5 Å². The molecule has 2 heterocycles. The molecule has 4 aromatic carbocycles. The molecule has 0 amide bonds. The van der Waals surface area contributed by atoms with Gasteiger partial charge in [0, 0.05) is 0 Å². The van der Waals surface area contributed by atoms with Crippen LogP contribution < -0.4 is 0 Å². The Kier molecular flexibility index (Phi) is 10.3. The molecule has 8 heteroatoms. The SMILES string of the molecule is Cc1cc(C)c(C(c2c(C)cc(C)cc2C)P2(=O)OCC3(CO2)COP(=O)(C(c2c(C)cc(C)cc2C)c2c(C)cc(C)cc2C)OC3)c(C)c1. The molecule has 272 valence electrons. The molecule has 0 N–H and O–H groups in total. The Morgan fingerprint density at radius 3 is 0.745 bits per heavy atom. The van der Waals surface area contributed by atoms with E-state index in [-0.39, 0.29) is 26.4 Å². The Balaban J connectivity index is 1.35. The zero-order chi connectivity index (χ0) is 37.2. The molecular weight excluding hydrogens is 674 g/mol. The molecule has 0 aromatic heterocycles. The number of rotatable bonds is 6. The van der Waals surface area contributed by atoms with E-state index in [1.807, 2.05) is 0 Å². The van der Waals surface area contributed by atoms with Crippen LogP contribution >= 0.6 is 15.2 Å². The summed E-state index contributed by atoms with van der Waals surface area (Å²) in [6, 6.07) is 17.1. The highest BCUT2D eigenvalue weighted by atomic mass is 31.2. The third-order valence-electron chi connectivity index (χ3n) is 10.9. The van der Waals surface area contributed by atoms with Gasteiger partial charge in [-0.15, -0.1) is 0 Å². The molecule has 0 aliphatic carbocycles. The second kappa shape index (κ2) is 13.9. The van der Waals surface area contributed by atoms with Crippen LogP contribution in [0.4, 0.5) is 0 Å². The smallest absolute Gasteiger partial charge is 0.307 e. The molecule has 0 saturated carbocycles. The fraction of sp³-hybridized carbons (Fsp3) is 0.442. The largest absolute Gasteiger partial charge is 0.342 e. The summed E-state index contributed by atoms with van der Waals surface area (Å²) >= 11 is 0. The molecule has 2 saturated heterocycles. The quantitative estimate of drug-likeness (QED) is 0.184. The lowest BCUT2D eigenvalue weighted by molar-refractivity contribution is -0.0703. The highest BCUT2D eigenvalue weighted by Crippen LogP contribution is 2.71. The first kappa shape index (κ1) is 37.9. The van der Waals surface area contributed by atoms with E-state index >= 15 is 9.13 Å². The van der Waals surface area contributed by atoms with Crippen molar-refractivity contribution < 1.29 is 27.2 Å². The van der Waals surface area contributed by atoms with E-state index in [0.29, 0.717) is 0 Å². The van der Waals surface area contributed by atoms with E-state index in [1.165, 1.54) is 0 Å².